The van der Waals surface area contributed by atoms with Gasteiger partial charge in [-0.2, -0.15) is 8.78 Å². The van der Waals surface area contributed by atoms with Gasteiger partial charge in [-0.25, -0.2) is 0 Å². The standard InChI is InChI=1S/C16H18F2N4O3/c1-22-8-16(4-12(22)7-24-16)9-23-6-11-3-2-10(5-19-11)14-20-21-15(25-14)13(17)18/h2-3,5,12-13H,4,6-9H2,1H3/t12-,16-/m1/s1. The second-order valence-electron chi connectivity index (χ2n) is 6.54. The van der Waals surface area contributed by atoms with Crippen molar-refractivity contribution in [1.82, 2.24) is 20.1 Å². The van der Waals surface area contributed by atoms with Crippen molar-refractivity contribution in [2.45, 2.75) is 31.1 Å². The highest BCUT2D eigenvalue weighted by Crippen LogP contribution is 2.36. The first kappa shape index (κ1) is 16.5. The van der Waals surface area contributed by atoms with Crippen LogP contribution in [-0.2, 0) is 16.1 Å². The fourth-order valence-corrected chi connectivity index (χ4v) is 3.36. The molecule has 0 amide bonds. The van der Waals surface area contributed by atoms with Gasteiger partial charge in [0.1, 0.15) is 5.60 Å². The van der Waals surface area contributed by atoms with Crippen LogP contribution in [0, 0.1) is 0 Å². The Morgan fingerprint density at radius 1 is 1.40 bits per heavy atom. The van der Waals surface area contributed by atoms with Crippen molar-refractivity contribution in [1.29, 1.82) is 0 Å². The molecule has 9 heteroatoms. The van der Waals surface area contributed by atoms with Gasteiger partial charge < -0.3 is 13.9 Å². The largest absolute Gasteiger partial charge is 0.415 e. The Kier molecular flexibility index (Phi) is 4.22. The normalized spacial score (nSPS) is 26.0. The molecular weight excluding hydrogens is 334 g/mol. The number of ether oxygens (including phenoxy) is 2. The number of likely N-dealkylation sites (N-methyl/N-ethyl adjacent to an activating group) is 1. The van der Waals surface area contributed by atoms with Crippen LogP contribution < -0.4 is 0 Å². The number of halogens is 2. The van der Waals surface area contributed by atoms with Gasteiger partial charge in [0, 0.05) is 18.8 Å². The zero-order valence-corrected chi connectivity index (χ0v) is 13.7. The molecule has 25 heavy (non-hydrogen) atoms. The Balaban J connectivity index is 1.33. The van der Waals surface area contributed by atoms with Gasteiger partial charge in [-0.1, -0.05) is 0 Å². The van der Waals surface area contributed by atoms with E-state index in [1.54, 1.807) is 12.1 Å². The third-order valence-electron chi connectivity index (χ3n) is 4.66. The van der Waals surface area contributed by atoms with Gasteiger partial charge in [-0.3, -0.25) is 9.88 Å². The van der Waals surface area contributed by atoms with Crippen molar-refractivity contribution >= 4 is 0 Å². The topological polar surface area (TPSA) is 73.5 Å². The lowest BCUT2D eigenvalue weighted by Gasteiger charge is -2.30. The first-order valence-corrected chi connectivity index (χ1v) is 8.03. The molecule has 2 aliphatic rings. The van der Waals surface area contributed by atoms with Crippen LogP contribution in [0.15, 0.2) is 22.7 Å². The van der Waals surface area contributed by atoms with E-state index in [-0.39, 0.29) is 11.5 Å². The zero-order chi connectivity index (χ0) is 17.4. The molecule has 0 N–H and O–H groups in total. The number of fused-ring (bicyclic) bond motifs is 2. The van der Waals surface area contributed by atoms with Crippen LogP contribution in [0.5, 0.6) is 0 Å². The highest BCUT2D eigenvalue weighted by Gasteiger charge is 2.49. The SMILES string of the molecule is CN1C[C@@]2(COCc3ccc(-c4nnc(C(F)F)o4)cn3)C[C@@H]1CO2. The summed E-state index contributed by atoms with van der Waals surface area (Å²) in [5.74, 6) is -0.674. The molecule has 0 spiro atoms. The molecule has 2 fully saturated rings. The smallest absolute Gasteiger partial charge is 0.314 e. The van der Waals surface area contributed by atoms with Gasteiger partial charge in [0.15, 0.2) is 0 Å². The van der Waals surface area contributed by atoms with Gasteiger partial charge >= 0.3 is 6.43 Å². The number of hydrogen-bond donors (Lipinski definition) is 0. The number of likely N-dealkylation sites (tertiary alicyclic amines) is 1. The maximum Gasteiger partial charge on any atom is 0.314 e. The molecule has 2 saturated heterocycles. The molecule has 0 saturated carbocycles. The zero-order valence-electron chi connectivity index (χ0n) is 13.7. The number of alkyl halides is 2. The van der Waals surface area contributed by atoms with E-state index in [4.69, 9.17) is 13.9 Å². The van der Waals surface area contributed by atoms with E-state index in [0.29, 0.717) is 24.8 Å². The van der Waals surface area contributed by atoms with Crippen molar-refractivity contribution in [2.75, 3.05) is 26.8 Å². The maximum absolute atomic E-state index is 12.5. The van der Waals surface area contributed by atoms with E-state index in [0.717, 1.165) is 25.3 Å². The number of hydrogen-bond acceptors (Lipinski definition) is 7. The third-order valence-corrected chi connectivity index (χ3v) is 4.66. The van der Waals surface area contributed by atoms with Gasteiger partial charge in [0.25, 0.3) is 5.89 Å². The van der Waals surface area contributed by atoms with Gasteiger partial charge in [-0.15, -0.1) is 10.2 Å². The Hall–Kier alpha value is -1.97. The van der Waals surface area contributed by atoms with Crippen molar-refractivity contribution in [2.24, 2.45) is 0 Å². The molecule has 4 heterocycles. The van der Waals surface area contributed by atoms with E-state index in [1.807, 2.05) is 0 Å². The number of rotatable bonds is 6. The Bertz CT molecular complexity index is 735. The molecule has 0 radical (unpaired) electrons. The van der Waals surface area contributed by atoms with Crippen molar-refractivity contribution < 1.29 is 22.7 Å². The molecule has 2 bridgehead atoms. The highest BCUT2D eigenvalue weighted by molar-refractivity contribution is 5.50. The summed E-state index contributed by atoms with van der Waals surface area (Å²) >= 11 is 0. The molecular formula is C16H18F2N4O3. The molecule has 0 aliphatic carbocycles. The minimum atomic E-state index is -2.78. The molecule has 134 valence electrons. The number of pyridine rings is 1. The van der Waals surface area contributed by atoms with E-state index >= 15 is 0 Å². The van der Waals surface area contributed by atoms with Crippen LogP contribution >= 0.6 is 0 Å². The Labute approximate surface area is 143 Å². The van der Waals surface area contributed by atoms with E-state index in [2.05, 4.69) is 27.1 Å². The minimum Gasteiger partial charge on any atom is -0.415 e. The van der Waals surface area contributed by atoms with Gasteiger partial charge in [-0.05, 0) is 25.6 Å². The average molecular weight is 352 g/mol. The summed E-state index contributed by atoms with van der Waals surface area (Å²) in [5.41, 5.74) is 1.02. The van der Waals surface area contributed by atoms with Crippen LogP contribution in [0.4, 0.5) is 8.78 Å². The molecule has 2 aliphatic heterocycles. The van der Waals surface area contributed by atoms with Crippen molar-refractivity contribution in [3.05, 3.63) is 29.9 Å². The van der Waals surface area contributed by atoms with Crippen molar-refractivity contribution in [3.8, 4) is 11.5 Å². The van der Waals surface area contributed by atoms with E-state index in [9.17, 15) is 8.78 Å². The monoisotopic (exact) mass is 352 g/mol. The van der Waals surface area contributed by atoms with Crippen LogP contribution in [0.1, 0.15) is 24.4 Å². The van der Waals surface area contributed by atoms with Crippen LogP contribution in [-0.4, -0.2) is 58.5 Å². The Morgan fingerprint density at radius 2 is 2.28 bits per heavy atom. The fraction of sp³-hybridized carbons (Fsp3) is 0.562. The quantitative estimate of drug-likeness (QED) is 0.788. The maximum atomic E-state index is 12.5. The number of morpholine rings is 1. The predicted octanol–water partition coefficient (Wildman–Crippen LogP) is 2.06. The van der Waals surface area contributed by atoms with Gasteiger partial charge in [0.05, 0.1) is 31.1 Å². The fourth-order valence-electron chi connectivity index (χ4n) is 3.36. The van der Waals surface area contributed by atoms with E-state index in [1.165, 1.54) is 6.20 Å². The van der Waals surface area contributed by atoms with E-state index < -0.39 is 12.3 Å². The lowest BCUT2D eigenvalue weighted by molar-refractivity contribution is -0.0902. The lowest BCUT2D eigenvalue weighted by Crippen LogP contribution is -2.43. The molecule has 7 nitrogen and oxygen atoms in total. The first-order chi connectivity index (χ1) is 12.0. The molecule has 4 rings (SSSR count). The Morgan fingerprint density at radius 3 is 2.88 bits per heavy atom. The van der Waals surface area contributed by atoms with Crippen LogP contribution in [0.3, 0.4) is 0 Å². The summed E-state index contributed by atoms with van der Waals surface area (Å²) in [4.78, 5) is 6.56. The summed E-state index contributed by atoms with van der Waals surface area (Å²) in [6, 6.07) is 3.94. The molecule has 2 atom stereocenters. The van der Waals surface area contributed by atoms with Gasteiger partial charge in [0.2, 0.25) is 5.89 Å². The number of nitrogens with zero attached hydrogens (tertiary/aromatic N) is 4. The second-order valence-corrected chi connectivity index (χ2v) is 6.54. The molecule has 0 aromatic carbocycles. The predicted molar refractivity (Wildman–Crippen MR) is 81.9 cm³/mol. The molecule has 2 aromatic heterocycles. The second kappa shape index (κ2) is 6.40. The summed E-state index contributed by atoms with van der Waals surface area (Å²) in [6.07, 6.45) is -0.279. The molecule has 0 unspecified atom stereocenters. The highest BCUT2D eigenvalue weighted by atomic mass is 19.3. The first-order valence-electron chi connectivity index (χ1n) is 8.03. The van der Waals surface area contributed by atoms with Crippen LogP contribution in [0.2, 0.25) is 0 Å². The molecule has 2 aromatic rings. The van der Waals surface area contributed by atoms with Crippen molar-refractivity contribution in [3.63, 3.8) is 0 Å². The average Bonchev–Trinajstić information content (AvgIpc) is 3.29. The summed E-state index contributed by atoms with van der Waals surface area (Å²) in [5, 5.41) is 6.89. The lowest BCUT2D eigenvalue weighted by atomic mass is 10.0. The summed E-state index contributed by atoms with van der Waals surface area (Å²) < 4.78 is 41.5. The minimum absolute atomic E-state index is 0.0218. The summed E-state index contributed by atoms with van der Waals surface area (Å²) in [6.45, 7) is 2.52. The number of aromatic nitrogens is 3. The van der Waals surface area contributed by atoms with Crippen LogP contribution in [0.25, 0.3) is 11.5 Å². The third kappa shape index (κ3) is 3.26. The summed E-state index contributed by atoms with van der Waals surface area (Å²) in [7, 11) is 2.10.